The van der Waals surface area contributed by atoms with Crippen molar-refractivity contribution >= 4 is 5.97 Å². The van der Waals surface area contributed by atoms with Gasteiger partial charge in [-0.3, -0.25) is 4.79 Å². The summed E-state index contributed by atoms with van der Waals surface area (Å²) < 4.78 is 4.42. The van der Waals surface area contributed by atoms with Gasteiger partial charge in [0.05, 0.1) is 25.0 Å². The Kier molecular flexibility index (Phi) is 1.39. The Morgan fingerprint density at radius 3 is 2.89 bits per heavy atom. The predicted octanol–water partition coefficient (Wildman–Crippen LogP) is 0.319. The van der Waals surface area contributed by atoms with Gasteiger partial charge in [0, 0.05) is 0 Å². The van der Waals surface area contributed by atoms with Crippen molar-refractivity contribution in [2.75, 3.05) is 7.11 Å². The molecule has 0 radical (unpaired) electrons. The molecule has 1 rings (SSSR count). The van der Waals surface area contributed by atoms with Crippen molar-refractivity contribution in [3.8, 4) is 6.07 Å². The van der Waals surface area contributed by atoms with Gasteiger partial charge in [0.15, 0.2) is 0 Å². The lowest BCUT2D eigenvalue weighted by Crippen LogP contribution is -2.03. The summed E-state index contributed by atoms with van der Waals surface area (Å²) in [4.78, 5) is 10.6. The standard InChI is InChI=1S/C6H7NO2/c1-9-6(8)5-2-4(5)3-7/h4-5H,2H2,1H3/t4-,5-/m0/s1. The molecule has 1 aliphatic rings. The van der Waals surface area contributed by atoms with E-state index in [1.165, 1.54) is 7.11 Å². The van der Waals surface area contributed by atoms with E-state index >= 15 is 0 Å². The topological polar surface area (TPSA) is 50.1 Å². The SMILES string of the molecule is COC(=O)[C@H]1C[C@H]1C#N. The molecule has 3 nitrogen and oxygen atoms in total. The van der Waals surface area contributed by atoms with Crippen LogP contribution in [0.25, 0.3) is 0 Å². The van der Waals surface area contributed by atoms with E-state index in [2.05, 4.69) is 4.74 Å². The number of carbonyl (C=O) groups excluding carboxylic acids is 1. The molecule has 3 heteroatoms. The molecule has 0 spiro atoms. The van der Waals surface area contributed by atoms with Crippen LogP contribution in [0.1, 0.15) is 6.42 Å². The lowest BCUT2D eigenvalue weighted by molar-refractivity contribution is -0.142. The quantitative estimate of drug-likeness (QED) is 0.474. The lowest BCUT2D eigenvalue weighted by Gasteiger charge is -1.90. The second-order valence-electron chi connectivity index (χ2n) is 2.10. The van der Waals surface area contributed by atoms with Crippen LogP contribution in [0.5, 0.6) is 0 Å². The van der Waals surface area contributed by atoms with Gasteiger partial charge in [0.2, 0.25) is 0 Å². The first-order valence-corrected chi connectivity index (χ1v) is 2.77. The van der Waals surface area contributed by atoms with Gasteiger partial charge < -0.3 is 4.74 Å². The third-order valence-electron chi connectivity index (χ3n) is 1.46. The zero-order chi connectivity index (χ0) is 6.85. The highest BCUT2D eigenvalue weighted by Crippen LogP contribution is 2.38. The summed E-state index contributed by atoms with van der Waals surface area (Å²) in [6.45, 7) is 0. The van der Waals surface area contributed by atoms with Crippen LogP contribution in [-0.2, 0) is 9.53 Å². The Morgan fingerprint density at radius 2 is 2.56 bits per heavy atom. The van der Waals surface area contributed by atoms with Gasteiger partial charge in [-0.25, -0.2) is 0 Å². The number of hydrogen-bond donors (Lipinski definition) is 0. The maximum Gasteiger partial charge on any atom is 0.310 e. The van der Waals surface area contributed by atoms with Crippen molar-refractivity contribution < 1.29 is 9.53 Å². The highest BCUT2D eigenvalue weighted by atomic mass is 16.5. The summed E-state index contributed by atoms with van der Waals surface area (Å²) in [5, 5.41) is 8.26. The van der Waals surface area contributed by atoms with E-state index in [0.29, 0.717) is 6.42 Å². The van der Waals surface area contributed by atoms with Crippen molar-refractivity contribution in [3.63, 3.8) is 0 Å². The fraction of sp³-hybridized carbons (Fsp3) is 0.667. The average Bonchev–Trinajstić information content (AvgIpc) is 2.64. The van der Waals surface area contributed by atoms with Gasteiger partial charge in [-0.1, -0.05) is 0 Å². The van der Waals surface area contributed by atoms with Crippen molar-refractivity contribution in [1.29, 1.82) is 5.26 Å². The Hall–Kier alpha value is -1.04. The minimum Gasteiger partial charge on any atom is -0.469 e. The van der Waals surface area contributed by atoms with Gasteiger partial charge in [-0.05, 0) is 6.42 Å². The molecule has 1 fully saturated rings. The monoisotopic (exact) mass is 125 g/mol. The smallest absolute Gasteiger partial charge is 0.310 e. The first-order valence-electron chi connectivity index (χ1n) is 2.77. The highest BCUT2D eigenvalue weighted by Gasteiger charge is 2.44. The molecule has 0 aliphatic heterocycles. The number of ether oxygens (including phenoxy) is 1. The fourth-order valence-corrected chi connectivity index (χ4v) is 0.750. The van der Waals surface area contributed by atoms with Crippen LogP contribution in [0, 0.1) is 23.2 Å². The van der Waals surface area contributed by atoms with Crippen molar-refractivity contribution in [3.05, 3.63) is 0 Å². The van der Waals surface area contributed by atoms with Crippen LogP contribution in [0.2, 0.25) is 0 Å². The van der Waals surface area contributed by atoms with E-state index < -0.39 is 0 Å². The van der Waals surface area contributed by atoms with Gasteiger partial charge in [0.1, 0.15) is 0 Å². The fourth-order valence-electron chi connectivity index (χ4n) is 0.750. The first kappa shape index (κ1) is 6.09. The second-order valence-corrected chi connectivity index (χ2v) is 2.10. The number of carbonyl (C=O) groups is 1. The van der Waals surface area contributed by atoms with Crippen molar-refractivity contribution in [2.45, 2.75) is 6.42 Å². The number of nitrogens with zero attached hydrogens (tertiary/aromatic N) is 1. The maximum absolute atomic E-state index is 10.6. The van der Waals surface area contributed by atoms with E-state index in [1.54, 1.807) is 0 Å². The number of esters is 1. The minimum absolute atomic E-state index is 0.0718. The Bertz CT molecular complexity index is 170. The Balaban J connectivity index is 2.36. The van der Waals surface area contributed by atoms with Crippen molar-refractivity contribution in [1.82, 2.24) is 0 Å². The number of methoxy groups -OCH3 is 1. The minimum atomic E-state index is -0.249. The second kappa shape index (κ2) is 2.06. The molecule has 1 saturated carbocycles. The summed E-state index contributed by atoms with van der Waals surface area (Å²) >= 11 is 0. The lowest BCUT2D eigenvalue weighted by atomic mass is 10.3. The van der Waals surface area contributed by atoms with E-state index in [1.807, 2.05) is 6.07 Å². The number of rotatable bonds is 1. The summed E-state index contributed by atoms with van der Waals surface area (Å²) in [5.41, 5.74) is 0. The third-order valence-corrected chi connectivity index (χ3v) is 1.46. The molecule has 48 valence electrons. The normalized spacial score (nSPS) is 30.7. The number of nitriles is 1. The first-order chi connectivity index (χ1) is 4.29. The molecule has 0 heterocycles. The average molecular weight is 125 g/mol. The zero-order valence-corrected chi connectivity index (χ0v) is 5.13. The molecule has 0 aromatic carbocycles. The van der Waals surface area contributed by atoms with Gasteiger partial charge in [0.25, 0.3) is 0 Å². The highest BCUT2D eigenvalue weighted by molar-refractivity contribution is 5.76. The largest absolute Gasteiger partial charge is 0.469 e. The van der Waals surface area contributed by atoms with Gasteiger partial charge in [-0.2, -0.15) is 5.26 Å². The molecule has 9 heavy (non-hydrogen) atoms. The van der Waals surface area contributed by atoms with Crippen LogP contribution in [0.3, 0.4) is 0 Å². The maximum atomic E-state index is 10.6. The molecule has 0 saturated heterocycles. The zero-order valence-electron chi connectivity index (χ0n) is 5.13. The van der Waals surface area contributed by atoms with E-state index in [9.17, 15) is 4.79 Å². The molecular formula is C6H7NO2. The molecule has 0 bridgehead atoms. The third kappa shape index (κ3) is 1.02. The summed E-state index contributed by atoms with van der Waals surface area (Å²) in [7, 11) is 1.34. The Morgan fingerprint density at radius 1 is 1.89 bits per heavy atom. The van der Waals surface area contributed by atoms with E-state index in [4.69, 9.17) is 5.26 Å². The van der Waals surface area contributed by atoms with E-state index in [0.717, 1.165) is 0 Å². The summed E-state index contributed by atoms with van der Waals surface area (Å²) in [6, 6.07) is 2.00. The molecule has 2 atom stereocenters. The van der Waals surface area contributed by atoms with Crippen LogP contribution in [-0.4, -0.2) is 13.1 Å². The molecule has 0 aromatic rings. The molecular weight excluding hydrogens is 118 g/mol. The summed E-state index contributed by atoms with van der Waals surface area (Å²) in [6.07, 6.45) is 0.684. The molecule has 0 aromatic heterocycles. The number of hydrogen-bond acceptors (Lipinski definition) is 3. The Labute approximate surface area is 53.2 Å². The van der Waals surface area contributed by atoms with Crippen LogP contribution >= 0.6 is 0 Å². The molecule has 1 aliphatic carbocycles. The summed E-state index contributed by atoms with van der Waals surface area (Å²) in [5.74, 6) is -0.445. The molecule has 0 N–H and O–H groups in total. The molecule has 0 unspecified atom stereocenters. The van der Waals surface area contributed by atoms with E-state index in [-0.39, 0.29) is 17.8 Å². The predicted molar refractivity (Wildman–Crippen MR) is 29.2 cm³/mol. The van der Waals surface area contributed by atoms with Crippen LogP contribution < -0.4 is 0 Å². The van der Waals surface area contributed by atoms with Crippen LogP contribution in [0.15, 0.2) is 0 Å². The van der Waals surface area contributed by atoms with Crippen molar-refractivity contribution in [2.24, 2.45) is 11.8 Å². The van der Waals surface area contributed by atoms with Crippen LogP contribution in [0.4, 0.5) is 0 Å². The molecule has 0 amide bonds. The van der Waals surface area contributed by atoms with Gasteiger partial charge in [-0.15, -0.1) is 0 Å². The van der Waals surface area contributed by atoms with Gasteiger partial charge >= 0.3 is 5.97 Å².